The third kappa shape index (κ3) is 3.38. The van der Waals surface area contributed by atoms with Gasteiger partial charge in [0, 0.05) is 24.7 Å². The van der Waals surface area contributed by atoms with Crippen LogP contribution >= 0.6 is 0 Å². The number of hydrogen-bond acceptors (Lipinski definition) is 6. The van der Waals surface area contributed by atoms with Crippen molar-refractivity contribution >= 4 is 16.9 Å². The van der Waals surface area contributed by atoms with Crippen molar-refractivity contribution in [2.24, 2.45) is 5.92 Å². The van der Waals surface area contributed by atoms with Gasteiger partial charge in [-0.3, -0.25) is 9.36 Å². The van der Waals surface area contributed by atoms with Crippen molar-refractivity contribution in [3.05, 3.63) is 51.2 Å². The lowest BCUT2D eigenvalue weighted by atomic mass is 10.2. The van der Waals surface area contributed by atoms with Gasteiger partial charge in [-0.1, -0.05) is 13.8 Å². The molecule has 2 N–H and O–H groups in total. The zero-order valence-electron chi connectivity index (χ0n) is 15.7. The Morgan fingerprint density at radius 2 is 1.70 bits per heavy atom. The average molecular weight is 370 g/mol. The Balaban J connectivity index is 2.46. The van der Waals surface area contributed by atoms with Gasteiger partial charge in [0.05, 0.1) is 25.3 Å². The van der Waals surface area contributed by atoms with Crippen LogP contribution < -0.4 is 26.5 Å². The summed E-state index contributed by atoms with van der Waals surface area (Å²) in [5.74, 6) is 1.35. The summed E-state index contributed by atoms with van der Waals surface area (Å²) in [6, 6.07) is 8.19. The summed E-state index contributed by atoms with van der Waals surface area (Å²) in [5, 5.41) is 0.311. The van der Waals surface area contributed by atoms with Crippen LogP contribution in [0.1, 0.15) is 13.8 Å². The monoisotopic (exact) mass is 370 g/mol. The van der Waals surface area contributed by atoms with Crippen LogP contribution in [0.4, 0.5) is 5.82 Å². The highest BCUT2D eigenvalue weighted by Crippen LogP contribution is 2.25. The van der Waals surface area contributed by atoms with E-state index >= 15 is 0 Å². The fourth-order valence-corrected chi connectivity index (χ4v) is 2.92. The molecule has 8 heteroatoms. The number of aromatic nitrogens is 3. The van der Waals surface area contributed by atoms with E-state index in [0.717, 1.165) is 0 Å². The lowest BCUT2D eigenvalue weighted by Gasteiger charge is -2.16. The normalized spacial score (nSPS) is 11.1. The Bertz CT molecular complexity index is 1090. The first-order valence-electron chi connectivity index (χ1n) is 8.51. The van der Waals surface area contributed by atoms with E-state index in [2.05, 4.69) is 4.98 Å². The molecule has 2 heterocycles. The molecule has 8 nitrogen and oxygen atoms in total. The van der Waals surface area contributed by atoms with E-state index in [1.807, 2.05) is 13.8 Å². The quantitative estimate of drug-likeness (QED) is 0.735. The zero-order chi connectivity index (χ0) is 19.7. The molecule has 27 heavy (non-hydrogen) atoms. The van der Waals surface area contributed by atoms with E-state index < -0.39 is 5.69 Å². The highest BCUT2D eigenvalue weighted by Gasteiger charge is 2.18. The van der Waals surface area contributed by atoms with E-state index in [9.17, 15) is 9.59 Å². The molecule has 2 aromatic heterocycles. The largest absolute Gasteiger partial charge is 0.497 e. The number of fused-ring (bicyclic) bond motifs is 1. The minimum atomic E-state index is -0.491. The molecule has 0 aliphatic heterocycles. The van der Waals surface area contributed by atoms with Gasteiger partial charge < -0.3 is 15.2 Å². The summed E-state index contributed by atoms with van der Waals surface area (Å²) >= 11 is 0. The van der Waals surface area contributed by atoms with E-state index in [0.29, 0.717) is 29.1 Å². The van der Waals surface area contributed by atoms with Crippen LogP contribution in [0, 0.1) is 5.92 Å². The summed E-state index contributed by atoms with van der Waals surface area (Å²) in [5.41, 5.74) is 5.60. The fourth-order valence-electron chi connectivity index (χ4n) is 2.92. The predicted molar refractivity (Wildman–Crippen MR) is 104 cm³/mol. The molecule has 0 fully saturated rings. The van der Waals surface area contributed by atoms with E-state index in [-0.39, 0.29) is 22.9 Å². The second kappa shape index (κ2) is 7.14. The van der Waals surface area contributed by atoms with Gasteiger partial charge >= 0.3 is 5.69 Å². The van der Waals surface area contributed by atoms with Crippen molar-refractivity contribution in [2.45, 2.75) is 20.4 Å². The summed E-state index contributed by atoms with van der Waals surface area (Å²) in [4.78, 5) is 30.3. The molecule has 0 atom stereocenters. The van der Waals surface area contributed by atoms with Crippen LogP contribution in [0.3, 0.4) is 0 Å². The number of rotatable bonds is 5. The topological polar surface area (TPSA) is 101 Å². The van der Waals surface area contributed by atoms with E-state index in [1.165, 1.54) is 23.4 Å². The lowest BCUT2D eigenvalue weighted by molar-refractivity contribution is 0.394. The van der Waals surface area contributed by atoms with Crippen molar-refractivity contribution in [3.8, 4) is 17.2 Å². The third-order valence-corrected chi connectivity index (χ3v) is 4.15. The van der Waals surface area contributed by atoms with Gasteiger partial charge in [0.15, 0.2) is 5.65 Å². The molecule has 1 aromatic carbocycles. The van der Waals surface area contributed by atoms with Gasteiger partial charge in [-0.05, 0) is 18.1 Å². The maximum Gasteiger partial charge on any atom is 0.337 e. The number of nitrogens with two attached hydrogens (primary N) is 1. The Morgan fingerprint density at radius 3 is 2.26 bits per heavy atom. The molecule has 0 amide bonds. The van der Waals surface area contributed by atoms with Crippen molar-refractivity contribution in [3.63, 3.8) is 0 Å². The minimum Gasteiger partial charge on any atom is -0.497 e. The summed E-state index contributed by atoms with van der Waals surface area (Å²) in [6.45, 7) is 4.17. The standard InChI is InChI=1S/C19H22N4O4/c1-11(2)10-22-18(24)15-5-6-16(20)21-17(15)23(19(22)25)12-7-13(26-3)9-14(8-12)27-4/h5-9,11H,10H2,1-4H3,(H2,20,21). The number of anilines is 1. The highest BCUT2D eigenvalue weighted by atomic mass is 16.5. The number of methoxy groups -OCH3 is 2. The maximum atomic E-state index is 13.2. The fraction of sp³-hybridized carbons (Fsp3) is 0.316. The number of ether oxygens (including phenoxy) is 2. The van der Waals surface area contributed by atoms with Gasteiger partial charge in [0.2, 0.25) is 0 Å². The SMILES string of the molecule is COc1cc(OC)cc(-n2c(=O)n(CC(C)C)c(=O)c3ccc(N)nc32)c1. The molecule has 0 bridgehead atoms. The molecule has 142 valence electrons. The summed E-state index contributed by atoms with van der Waals surface area (Å²) in [7, 11) is 3.05. The van der Waals surface area contributed by atoms with E-state index in [4.69, 9.17) is 15.2 Å². The minimum absolute atomic E-state index is 0.114. The Kier molecular flexibility index (Phi) is 4.89. The molecule has 0 unspecified atom stereocenters. The predicted octanol–water partition coefficient (Wildman–Crippen LogP) is 1.80. The zero-order valence-corrected chi connectivity index (χ0v) is 15.7. The first-order chi connectivity index (χ1) is 12.8. The number of nitrogen functional groups attached to an aromatic ring is 1. The van der Waals surface area contributed by atoms with Crippen LogP contribution in [0.5, 0.6) is 11.5 Å². The maximum absolute atomic E-state index is 13.2. The summed E-state index contributed by atoms with van der Waals surface area (Å²) < 4.78 is 13.2. The smallest absolute Gasteiger partial charge is 0.337 e. The van der Waals surface area contributed by atoms with E-state index in [1.54, 1.807) is 30.3 Å². The molecule has 3 aromatic rings. The van der Waals surface area contributed by atoms with Gasteiger partial charge in [-0.25, -0.2) is 14.3 Å². The second-order valence-corrected chi connectivity index (χ2v) is 6.61. The first-order valence-corrected chi connectivity index (χ1v) is 8.51. The number of pyridine rings is 1. The van der Waals surface area contributed by atoms with Crippen LogP contribution in [-0.2, 0) is 6.54 Å². The number of hydrogen-bond donors (Lipinski definition) is 1. The second-order valence-electron chi connectivity index (χ2n) is 6.61. The van der Waals surface area contributed by atoms with Gasteiger partial charge in [0.25, 0.3) is 5.56 Å². The molecular weight excluding hydrogens is 348 g/mol. The third-order valence-electron chi connectivity index (χ3n) is 4.15. The van der Waals surface area contributed by atoms with Gasteiger partial charge in [-0.15, -0.1) is 0 Å². The molecule has 0 saturated heterocycles. The van der Waals surface area contributed by atoms with Crippen molar-refractivity contribution in [2.75, 3.05) is 20.0 Å². The molecule has 0 radical (unpaired) electrons. The molecule has 0 saturated carbocycles. The Morgan fingerprint density at radius 1 is 1.07 bits per heavy atom. The Labute approximate surface area is 155 Å². The molecule has 0 aliphatic carbocycles. The van der Waals surface area contributed by atoms with Crippen LogP contribution in [0.25, 0.3) is 16.7 Å². The van der Waals surface area contributed by atoms with Crippen LogP contribution in [0.2, 0.25) is 0 Å². The van der Waals surface area contributed by atoms with Crippen molar-refractivity contribution < 1.29 is 9.47 Å². The highest BCUT2D eigenvalue weighted by molar-refractivity contribution is 5.77. The van der Waals surface area contributed by atoms with Crippen molar-refractivity contribution in [1.82, 2.24) is 14.1 Å². The van der Waals surface area contributed by atoms with Crippen LogP contribution in [-0.4, -0.2) is 28.3 Å². The molecule has 0 spiro atoms. The first kappa shape index (κ1) is 18.5. The van der Waals surface area contributed by atoms with Gasteiger partial charge in [0.1, 0.15) is 17.3 Å². The van der Waals surface area contributed by atoms with Gasteiger partial charge in [-0.2, -0.15) is 0 Å². The average Bonchev–Trinajstić information content (AvgIpc) is 2.64. The molecule has 0 aliphatic rings. The van der Waals surface area contributed by atoms with Crippen LogP contribution in [0.15, 0.2) is 39.9 Å². The number of nitrogens with zero attached hydrogens (tertiary/aromatic N) is 3. The van der Waals surface area contributed by atoms with Crippen molar-refractivity contribution in [1.29, 1.82) is 0 Å². The molecule has 3 rings (SSSR count). The number of benzene rings is 1. The lowest BCUT2D eigenvalue weighted by Crippen LogP contribution is -2.40. The molecular formula is C19H22N4O4. The Hall–Kier alpha value is -3.29. The summed E-state index contributed by atoms with van der Waals surface area (Å²) in [6.07, 6.45) is 0.